The van der Waals surface area contributed by atoms with Crippen LogP contribution in [-0.4, -0.2) is 21.9 Å². The molecule has 1 unspecified atom stereocenters. The lowest BCUT2D eigenvalue weighted by atomic mass is 9.75. The standard InChI is InChI=1S/C15H21N3OS/c1-15(2)7-3-4-11(8-15)18-14(19)12-6-5-10(9-17-12)13(16)20/h5-6,9,11H,3-4,7-8H2,1-2H3,(H2,16,20)(H,18,19). The van der Waals surface area contributed by atoms with Crippen LogP contribution < -0.4 is 11.1 Å². The monoisotopic (exact) mass is 291 g/mol. The van der Waals surface area contributed by atoms with E-state index in [0.717, 1.165) is 19.3 Å². The van der Waals surface area contributed by atoms with Crippen molar-refractivity contribution in [2.75, 3.05) is 0 Å². The Balaban J connectivity index is 1.99. The second-order valence-corrected chi connectivity index (χ2v) is 6.67. The molecule has 0 aliphatic heterocycles. The number of nitrogens with two attached hydrogens (primary N) is 1. The molecule has 5 heteroatoms. The molecule has 0 bridgehead atoms. The molecule has 0 aromatic carbocycles. The molecular weight excluding hydrogens is 270 g/mol. The van der Waals surface area contributed by atoms with Gasteiger partial charge in [-0.05, 0) is 36.8 Å². The van der Waals surface area contributed by atoms with E-state index >= 15 is 0 Å². The first-order valence-electron chi connectivity index (χ1n) is 6.94. The Morgan fingerprint density at radius 3 is 2.80 bits per heavy atom. The molecule has 1 saturated carbocycles. The van der Waals surface area contributed by atoms with E-state index in [4.69, 9.17) is 18.0 Å². The number of carbonyl (C=O) groups is 1. The van der Waals surface area contributed by atoms with E-state index in [1.807, 2.05) is 0 Å². The highest BCUT2D eigenvalue weighted by Gasteiger charge is 2.29. The Morgan fingerprint density at radius 1 is 1.50 bits per heavy atom. The van der Waals surface area contributed by atoms with Crippen LogP contribution in [0.15, 0.2) is 18.3 Å². The number of pyridine rings is 1. The van der Waals surface area contributed by atoms with Crippen LogP contribution >= 0.6 is 12.2 Å². The number of carbonyl (C=O) groups excluding carboxylic acids is 1. The predicted octanol–water partition coefficient (Wildman–Crippen LogP) is 2.41. The number of amides is 1. The van der Waals surface area contributed by atoms with Gasteiger partial charge in [0.05, 0.1) is 0 Å². The van der Waals surface area contributed by atoms with Crippen molar-refractivity contribution in [1.29, 1.82) is 0 Å². The SMILES string of the molecule is CC1(C)CCCC(NC(=O)c2ccc(C(N)=S)cn2)C1. The van der Waals surface area contributed by atoms with Crippen molar-refractivity contribution < 1.29 is 4.79 Å². The fraction of sp³-hybridized carbons (Fsp3) is 0.533. The second kappa shape index (κ2) is 5.87. The maximum atomic E-state index is 12.2. The first kappa shape index (κ1) is 14.9. The number of nitrogens with one attached hydrogen (secondary N) is 1. The fourth-order valence-electron chi connectivity index (χ4n) is 2.75. The van der Waals surface area contributed by atoms with Crippen LogP contribution in [-0.2, 0) is 0 Å². The predicted molar refractivity (Wildman–Crippen MR) is 83.6 cm³/mol. The van der Waals surface area contributed by atoms with Crippen molar-refractivity contribution in [3.63, 3.8) is 0 Å². The second-order valence-electron chi connectivity index (χ2n) is 6.23. The molecule has 1 aliphatic carbocycles. The van der Waals surface area contributed by atoms with E-state index in [0.29, 0.717) is 21.7 Å². The summed E-state index contributed by atoms with van der Waals surface area (Å²) in [4.78, 5) is 16.6. The van der Waals surface area contributed by atoms with Crippen molar-refractivity contribution in [3.05, 3.63) is 29.6 Å². The summed E-state index contributed by atoms with van der Waals surface area (Å²) in [6, 6.07) is 3.63. The van der Waals surface area contributed by atoms with Crippen LogP contribution in [0.2, 0.25) is 0 Å². The van der Waals surface area contributed by atoms with Crippen molar-refractivity contribution in [3.8, 4) is 0 Å². The molecule has 0 saturated heterocycles. The smallest absolute Gasteiger partial charge is 0.270 e. The number of aromatic nitrogens is 1. The Kier molecular flexibility index (Phi) is 4.38. The zero-order valence-corrected chi connectivity index (χ0v) is 12.8. The van der Waals surface area contributed by atoms with Crippen LogP contribution in [0.1, 0.15) is 55.6 Å². The van der Waals surface area contributed by atoms with Gasteiger partial charge in [0.15, 0.2) is 0 Å². The van der Waals surface area contributed by atoms with Crippen molar-refractivity contribution in [2.24, 2.45) is 11.1 Å². The largest absolute Gasteiger partial charge is 0.389 e. The van der Waals surface area contributed by atoms with Crippen LogP contribution in [0.25, 0.3) is 0 Å². The van der Waals surface area contributed by atoms with E-state index in [2.05, 4.69) is 24.1 Å². The molecule has 108 valence electrons. The topological polar surface area (TPSA) is 68.0 Å². The van der Waals surface area contributed by atoms with Gasteiger partial charge in [-0.25, -0.2) is 0 Å². The highest BCUT2D eigenvalue weighted by atomic mass is 32.1. The van der Waals surface area contributed by atoms with Gasteiger partial charge in [0, 0.05) is 17.8 Å². The first-order valence-corrected chi connectivity index (χ1v) is 7.35. The molecular formula is C15H21N3OS. The third-order valence-electron chi connectivity index (χ3n) is 3.82. The van der Waals surface area contributed by atoms with Gasteiger partial charge < -0.3 is 11.1 Å². The summed E-state index contributed by atoms with van der Waals surface area (Å²) >= 11 is 4.86. The lowest BCUT2D eigenvalue weighted by Gasteiger charge is -2.35. The van der Waals surface area contributed by atoms with E-state index in [-0.39, 0.29) is 11.9 Å². The van der Waals surface area contributed by atoms with E-state index in [1.54, 1.807) is 18.3 Å². The number of nitrogens with zero attached hydrogens (tertiary/aromatic N) is 1. The summed E-state index contributed by atoms with van der Waals surface area (Å²) in [7, 11) is 0. The summed E-state index contributed by atoms with van der Waals surface area (Å²) in [5.74, 6) is -0.123. The molecule has 3 N–H and O–H groups in total. The minimum absolute atomic E-state index is 0.123. The van der Waals surface area contributed by atoms with E-state index in [9.17, 15) is 4.79 Å². The van der Waals surface area contributed by atoms with Gasteiger partial charge in [0.2, 0.25) is 0 Å². The van der Waals surface area contributed by atoms with Gasteiger partial charge in [-0.2, -0.15) is 0 Å². The van der Waals surface area contributed by atoms with Crippen LogP contribution in [0, 0.1) is 5.41 Å². The number of hydrogen-bond donors (Lipinski definition) is 2. The molecule has 1 aromatic heterocycles. The van der Waals surface area contributed by atoms with Gasteiger partial charge in [0.25, 0.3) is 5.91 Å². The maximum absolute atomic E-state index is 12.2. The quantitative estimate of drug-likeness (QED) is 0.839. The molecule has 1 amide bonds. The highest BCUT2D eigenvalue weighted by molar-refractivity contribution is 7.80. The lowest BCUT2D eigenvalue weighted by Crippen LogP contribution is -2.40. The minimum atomic E-state index is -0.123. The maximum Gasteiger partial charge on any atom is 0.270 e. The molecule has 1 aromatic rings. The Morgan fingerprint density at radius 2 is 2.25 bits per heavy atom. The van der Waals surface area contributed by atoms with Crippen molar-refractivity contribution in [1.82, 2.24) is 10.3 Å². The molecule has 1 fully saturated rings. The van der Waals surface area contributed by atoms with E-state index < -0.39 is 0 Å². The van der Waals surface area contributed by atoms with Gasteiger partial charge in [-0.1, -0.05) is 32.5 Å². The average Bonchev–Trinajstić information content (AvgIpc) is 2.37. The van der Waals surface area contributed by atoms with Crippen LogP contribution in [0.4, 0.5) is 0 Å². The normalized spacial score (nSPS) is 21.2. The highest BCUT2D eigenvalue weighted by Crippen LogP contribution is 2.35. The molecule has 1 aliphatic rings. The molecule has 20 heavy (non-hydrogen) atoms. The number of hydrogen-bond acceptors (Lipinski definition) is 3. The molecule has 0 radical (unpaired) electrons. The summed E-state index contributed by atoms with van der Waals surface area (Å²) < 4.78 is 0. The van der Waals surface area contributed by atoms with Crippen LogP contribution in [0.3, 0.4) is 0 Å². The zero-order chi connectivity index (χ0) is 14.8. The Hall–Kier alpha value is -1.49. The lowest BCUT2D eigenvalue weighted by molar-refractivity contribution is 0.0897. The Bertz CT molecular complexity index is 510. The Labute approximate surface area is 125 Å². The summed E-state index contributed by atoms with van der Waals surface area (Å²) in [6.07, 6.45) is 5.98. The third-order valence-corrected chi connectivity index (χ3v) is 4.06. The molecule has 1 heterocycles. The number of thiocarbonyl (C=S) groups is 1. The third kappa shape index (κ3) is 3.76. The molecule has 0 spiro atoms. The van der Waals surface area contributed by atoms with Crippen LogP contribution in [0.5, 0.6) is 0 Å². The molecule has 2 rings (SSSR count). The number of rotatable bonds is 3. The van der Waals surface area contributed by atoms with Gasteiger partial charge >= 0.3 is 0 Å². The first-order chi connectivity index (χ1) is 9.37. The van der Waals surface area contributed by atoms with Gasteiger partial charge in [0.1, 0.15) is 10.7 Å². The fourth-order valence-corrected chi connectivity index (χ4v) is 2.88. The zero-order valence-electron chi connectivity index (χ0n) is 12.0. The average molecular weight is 291 g/mol. The summed E-state index contributed by atoms with van der Waals surface area (Å²) in [6.45, 7) is 4.50. The van der Waals surface area contributed by atoms with E-state index in [1.165, 1.54) is 6.42 Å². The van der Waals surface area contributed by atoms with Crippen molar-refractivity contribution in [2.45, 2.75) is 45.6 Å². The molecule has 4 nitrogen and oxygen atoms in total. The minimum Gasteiger partial charge on any atom is -0.389 e. The van der Waals surface area contributed by atoms with Gasteiger partial charge in [-0.15, -0.1) is 0 Å². The molecule has 1 atom stereocenters. The van der Waals surface area contributed by atoms with Crippen molar-refractivity contribution >= 4 is 23.1 Å². The summed E-state index contributed by atoms with van der Waals surface area (Å²) in [5.41, 5.74) is 6.90. The van der Waals surface area contributed by atoms with Gasteiger partial charge in [-0.3, -0.25) is 9.78 Å². The summed E-state index contributed by atoms with van der Waals surface area (Å²) in [5, 5.41) is 3.07.